The van der Waals surface area contributed by atoms with Crippen LogP contribution in [0, 0.1) is 5.92 Å². The van der Waals surface area contributed by atoms with E-state index in [9.17, 15) is 9.59 Å². The van der Waals surface area contributed by atoms with Crippen LogP contribution in [0.3, 0.4) is 0 Å². The first-order valence-electron chi connectivity index (χ1n) is 8.96. The van der Waals surface area contributed by atoms with Gasteiger partial charge in [0.1, 0.15) is 4.88 Å². The minimum absolute atomic E-state index is 0.0550. The lowest BCUT2D eigenvalue weighted by molar-refractivity contribution is -0.117. The molecule has 2 amide bonds. The highest BCUT2D eigenvalue weighted by molar-refractivity contribution is 7.21. The molecule has 5 nitrogen and oxygen atoms in total. The second-order valence-electron chi connectivity index (χ2n) is 6.72. The number of benzene rings is 2. The summed E-state index contributed by atoms with van der Waals surface area (Å²) in [6.45, 7) is 1.80. The number of halogens is 1. The Labute approximate surface area is 171 Å². The van der Waals surface area contributed by atoms with E-state index in [2.05, 4.69) is 15.8 Å². The number of hydrogen-bond donors (Lipinski definition) is 2. The van der Waals surface area contributed by atoms with Crippen molar-refractivity contribution in [3.05, 3.63) is 64.0 Å². The topological polar surface area (TPSA) is 70.6 Å². The van der Waals surface area contributed by atoms with E-state index in [-0.39, 0.29) is 17.7 Å². The van der Waals surface area contributed by atoms with Crippen molar-refractivity contribution in [3.63, 3.8) is 0 Å². The molecule has 3 aromatic rings. The van der Waals surface area contributed by atoms with Crippen LogP contribution < -0.4 is 10.7 Å². The highest BCUT2D eigenvalue weighted by Gasteiger charge is 2.29. The lowest BCUT2D eigenvalue weighted by atomic mass is 10.1. The van der Waals surface area contributed by atoms with Crippen LogP contribution in [0.2, 0.25) is 5.02 Å². The van der Waals surface area contributed by atoms with Crippen LogP contribution >= 0.6 is 22.9 Å². The standard InChI is InChI=1S/C21H18ClN3O2S/c1-12(14-5-4-6-15(11-14)23-20(26)13-9-10-13)24-25-21(27)19-18(22)16-7-2-3-8-17(16)28-19/h2-8,11,13H,9-10H2,1H3,(H,23,26)(H,25,27). The zero-order chi connectivity index (χ0) is 19.7. The summed E-state index contributed by atoms with van der Waals surface area (Å²) in [5.74, 6) is -0.146. The number of hydrazone groups is 1. The van der Waals surface area contributed by atoms with Gasteiger partial charge in [-0.25, -0.2) is 5.43 Å². The van der Waals surface area contributed by atoms with Crippen LogP contribution in [0.5, 0.6) is 0 Å². The smallest absolute Gasteiger partial charge is 0.283 e. The fraction of sp³-hybridized carbons (Fsp3) is 0.190. The van der Waals surface area contributed by atoms with Gasteiger partial charge in [0, 0.05) is 21.7 Å². The summed E-state index contributed by atoms with van der Waals surface area (Å²) in [6, 6.07) is 15.0. The summed E-state index contributed by atoms with van der Waals surface area (Å²) in [4.78, 5) is 24.9. The summed E-state index contributed by atoms with van der Waals surface area (Å²) in [6.07, 6.45) is 1.91. The van der Waals surface area contributed by atoms with Gasteiger partial charge in [0.15, 0.2) is 0 Å². The van der Waals surface area contributed by atoms with E-state index in [0.29, 0.717) is 15.6 Å². The first-order valence-corrected chi connectivity index (χ1v) is 10.2. The molecule has 0 saturated heterocycles. The molecule has 1 aliphatic rings. The van der Waals surface area contributed by atoms with Gasteiger partial charge in [0.2, 0.25) is 5.91 Å². The number of rotatable bonds is 5. The maximum absolute atomic E-state index is 12.5. The summed E-state index contributed by atoms with van der Waals surface area (Å²) in [5.41, 5.74) is 4.75. The fourth-order valence-corrected chi connectivity index (χ4v) is 4.23. The summed E-state index contributed by atoms with van der Waals surface area (Å²) in [5, 5.41) is 8.42. The van der Waals surface area contributed by atoms with Crippen molar-refractivity contribution >= 4 is 56.2 Å². The van der Waals surface area contributed by atoms with Gasteiger partial charge in [-0.2, -0.15) is 5.10 Å². The number of carbonyl (C=O) groups is 2. The molecule has 0 unspecified atom stereocenters. The van der Waals surface area contributed by atoms with Crippen molar-refractivity contribution in [3.8, 4) is 0 Å². The number of nitrogens with zero attached hydrogens (tertiary/aromatic N) is 1. The molecular formula is C21H18ClN3O2S. The molecule has 1 saturated carbocycles. The third-order valence-electron chi connectivity index (χ3n) is 4.56. The monoisotopic (exact) mass is 411 g/mol. The summed E-state index contributed by atoms with van der Waals surface area (Å²) < 4.78 is 0.956. The predicted octanol–water partition coefficient (Wildman–Crippen LogP) is 5.06. The lowest BCUT2D eigenvalue weighted by Gasteiger charge is -2.07. The van der Waals surface area contributed by atoms with Crippen molar-refractivity contribution in [2.75, 3.05) is 5.32 Å². The molecule has 2 N–H and O–H groups in total. The van der Waals surface area contributed by atoms with Crippen molar-refractivity contribution in [1.82, 2.24) is 5.43 Å². The first-order chi connectivity index (χ1) is 13.5. The van der Waals surface area contributed by atoms with E-state index in [0.717, 1.165) is 34.2 Å². The van der Waals surface area contributed by atoms with Crippen LogP contribution in [0.4, 0.5) is 5.69 Å². The molecule has 2 aromatic carbocycles. The van der Waals surface area contributed by atoms with Crippen LogP contribution in [0.1, 0.15) is 35.0 Å². The largest absolute Gasteiger partial charge is 0.326 e. The Morgan fingerprint density at radius 1 is 1.14 bits per heavy atom. The maximum atomic E-state index is 12.5. The molecule has 1 aliphatic carbocycles. The fourth-order valence-electron chi connectivity index (χ4n) is 2.82. The predicted molar refractivity (Wildman–Crippen MR) is 114 cm³/mol. The van der Waals surface area contributed by atoms with Gasteiger partial charge in [0.05, 0.1) is 10.7 Å². The van der Waals surface area contributed by atoms with Gasteiger partial charge in [-0.05, 0) is 43.5 Å². The quantitative estimate of drug-likeness (QED) is 0.455. The average molecular weight is 412 g/mol. The minimum atomic E-state index is -0.344. The van der Waals surface area contributed by atoms with Crippen LogP contribution in [0.15, 0.2) is 53.6 Å². The molecule has 1 aromatic heterocycles. The number of hydrogen-bond acceptors (Lipinski definition) is 4. The molecule has 1 fully saturated rings. The average Bonchev–Trinajstić information content (AvgIpc) is 3.50. The van der Waals surface area contributed by atoms with Gasteiger partial charge < -0.3 is 5.32 Å². The molecule has 0 atom stereocenters. The Morgan fingerprint density at radius 2 is 1.93 bits per heavy atom. The zero-order valence-electron chi connectivity index (χ0n) is 15.2. The van der Waals surface area contributed by atoms with Gasteiger partial charge in [-0.3, -0.25) is 9.59 Å². The summed E-state index contributed by atoms with van der Waals surface area (Å²) >= 11 is 7.68. The van der Waals surface area contributed by atoms with Crippen LogP contribution in [-0.4, -0.2) is 17.5 Å². The molecule has 28 heavy (non-hydrogen) atoms. The Balaban J connectivity index is 1.48. The Bertz CT molecular complexity index is 1100. The van der Waals surface area contributed by atoms with Crippen molar-refractivity contribution in [2.45, 2.75) is 19.8 Å². The molecule has 0 spiro atoms. The molecule has 142 valence electrons. The van der Waals surface area contributed by atoms with E-state index in [1.807, 2.05) is 48.5 Å². The normalized spacial score (nSPS) is 14.1. The van der Waals surface area contributed by atoms with Crippen LogP contribution in [0.25, 0.3) is 10.1 Å². The molecular weight excluding hydrogens is 394 g/mol. The molecule has 0 radical (unpaired) electrons. The first kappa shape index (κ1) is 18.7. The Kier molecular flexibility index (Phi) is 5.15. The minimum Gasteiger partial charge on any atom is -0.326 e. The number of fused-ring (bicyclic) bond motifs is 1. The van der Waals surface area contributed by atoms with Crippen molar-refractivity contribution < 1.29 is 9.59 Å². The number of carbonyl (C=O) groups excluding carboxylic acids is 2. The van der Waals surface area contributed by atoms with E-state index < -0.39 is 0 Å². The molecule has 7 heteroatoms. The molecule has 0 bridgehead atoms. The second-order valence-corrected chi connectivity index (χ2v) is 8.15. The third-order valence-corrected chi connectivity index (χ3v) is 6.24. The number of amides is 2. The SMILES string of the molecule is CC(=NNC(=O)c1sc2ccccc2c1Cl)c1cccc(NC(=O)C2CC2)c1. The van der Waals surface area contributed by atoms with E-state index >= 15 is 0 Å². The Morgan fingerprint density at radius 3 is 2.68 bits per heavy atom. The zero-order valence-corrected chi connectivity index (χ0v) is 16.7. The van der Waals surface area contributed by atoms with Crippen molar-refractivity contribution in [2.24, 2.45) is 11.0 Å². The lowest BCUT2D eigenvalue weighted by Crippen LogP contribution is -2.18. The number of thiophene rings is 1. The molecule has 0 aliphatic heterocycles. The highest BCUT2D eigenvalue weighted by atomic mass is 35.5. The molecule has 4 rings (SSSR count). The van der Waals surface area contributed by atoms with E-state index in [1.54, 1.807) is 6.92 Å². The maximum Gasteiger partial charge on any atom is 0.283 e. The highest BCUT2D eigenvalue weighted by Crippen LogP contribution is 2.35. The van der Waals surface area contributed by atoms with Gasteiger partial charge >= 0.3 is 0 Å². The van der Waals surface area contributed by atoms with Gasteiger partial charge in [-0.15, -0.1) is 11.3 Å². The van der Waals surface area contributed by atoms with E-state index in [4.69, 9.17) is 11.6 Å². The molecule has 1 heterocycles. The van der Waals surface area contributed by atoms with Gasteiger partial charge in [-0.1, -0.05) is 41.9 Å². The van der Waals surface area contributed by atoms with Gasteiger partial charge in [0.25, 0.3) is 5.91 Å². The Hall–Kier alpha value is -2.70. The second kappa shape index (κ2) is 7.73. The van der Waals surface area contributed by atoms with Crippen molar-refractivity contribution in [1.29, 1.82) is 0 Å². The number of anilines is 1. The third kappa shape index (κ3) is 3.93. The number of nitrogens with one attached hydrogen (secondary N) is 2. The summed E-state index contributed by atoms with van der Waals surface area (Å²) in [7, 11) is 0. The van der Waals surface area contributed by atoms with E-state index in [1.165, 1.54) is 11.3 Å². The van der Waals surface area contributed by atoms with Crippen LogP contribution in [-0.2, 0) is 4.79 Å².